The summed E-state index contributed by atoms with van der Waals surface area (Å²) in [5, 5.41) is 7.26. The van der Waals surface area contributed by atoms with Crippen LogP contribution < -0.4 is 0 Å². The molecule has 5 aliphatic rings. The Hall–Kier alpha value is -1.75. The molecule has 21 heavy (non-hydrogen) atoms. The van der Waals surface area contributed by atoms with Crippen LogP contribution in [-0.4, -0.2) is 23.0 Å². The van der Waals surface area contributed by atoms with Gasteiger partial charge in [-0.05, 0) is 41.5 Å². The van der Waals surface area contributed by atoms with Crippen molar-refractivity contribution in [2.24, 2.45) is 40.6 Å². The van der Waals surface area contributed by atoms with Crippen molar-refractivity contribution in [1.82, 2.24) is 5.01 Å². The zero-order valence-corrected chi connectivity index (χ0v) is 12.1. The van der Waals surface area contributed by atoms with Gasteiger partial charge < -0.3 is 0 Å². The molecule has 0 spiro atoms. The lowest BCUT2D eigenvalue weighted by Crippen LogP contribution is -2.40. The molecule has 0 N–H and O–H groups in total. The molecule has 5 heteroatoms. The van der Waals surface area contributed by atoms with E-state index in [1.165, 1.54) is 6.42 Å². The van der Waals surface area contributed by atoms with Crippen LogP contribution in [0, 0.1) is 35.5 Å². The fraction of sp³-hybridized carbons (Fsp3) is 0.438. The van der Waals surface area contributed by atoms with E-state index in [9.17, 15) is 9.59 Å². The van der Waals surface area contributed by atoms with Crippen LogP contribution in [0.4, 0.5) is 0 Å². The molecule has 1 saturated heterocycles. The number of hydrogen-bond acceptors (Lipinski definition) is 4. The lowest BCUT2D eigenvalue weighted by Gasteiger charge is -2.37. The second-order valence-corrected chi connectivity index (χ2v) is 7.38. The van der Waals surface area contributed by atoms with Crippen LogP contribution in [-0.2, 0) is 9.59 Å². The summed E-state index contributed by atoms with van der Waals surface area (Å²) in [6.07, 6.45) is 7.16. The lowest BCUT2D eigenvalue weighted by atomic mass is 9.63. The van der Waals surface area contributed by atoms with Crippen molar-refractivity contribution in [1.29, 1.82) is 0 Å². The number of thiophene rings is 1. The Labute approximate surface area is 126 Å². The number of imide groups is 1. The highest BCUT2D eigenvalue weighted by atomic mass is 32.1. The van der Waals surface area contributed by atoms with Crippen LogP contribution in [0.3, 0.4) is 0 Å². The smallest absolute Gasteiger partial charge is 0.254 e. The molecule has 2 heterocycles. The van der Waals surface area contributed by atoms with E-state index in [1.807, 2.05) is 17.5 Å². The molecule has 0 aromatic carbocycles. The summed E-state index contributed by atoms with van der Waals surface area (Å²) in [7, 11) is 0. The van der Waals surface area contributed by atoms with Gasteiger partial charge in [-0.1, -0.05) is 18.2 Å². The highest BCUT2D eigenvalue weighted by Crippen LogP contribution is 2.65. The maximum atomic E-state index is 12.6. The predicted molar refractivity (Wildman–Crippen MR) is 78.5 cm³/mol. The van der Waals surface area contributed by atoms with Gasteiger partial charge in [0.2, 0.25) is 0 Å². The van der Waals surface area contributed by atoms with Gasteiger partial charge >= 0.3 is 0 Å². The zero-order chi connectivity index (χ0) is 14.1. The van der Waals surface area contributed by atoms with Gasteiger partial charge in [-0.3, -0.25) is 9.59 Å². The molecule has 106 valence electrons. The topological polar surface area (TPSA) is 49.7 Å². The zero-order valence-electron chi connectivity index (χ0n) is 11.3. The average molecular weight is 298 g/mol. The predicted octanol–water partition coefficient (Wildman–Crippen LogP) is 2.14. The van der Waals surface area contributed by atoms with Gasteiger partial charge in [0.15, 0.2) is 0 Å². The minimum absolute atomic E-state index is 0.0949. The van der Waals surface area contributed by atoms with Gasteiger partial charge in [0.1, 0.15) is 0 Å². The number of carbonyl (C=O) groups is 2. The summed E-state index contributed by atoms with van der Waals surface area (Å²) in [6.45, 7) is 0. The van der Waals surface area contributed by atoms with Crippen molar-refractivity contribution in [2.45, 2.75) is 6.42 Å². The number of hydrogen-bond donors (Lipinski definition) is 0. The van der Waals surface area contributed by atoms with E-state index >= 15 is 0 Å². The van der Waals surface area contributed by atoms with Crippen molar-refractivity contribution >= 4 is 29.4 Å². The maximum Gasteiger partial charge on any atom is 0.254 e. The fourth-order valence-electron chi connectivity index (χ4n) is 4.53. The first-order valence-corrected chi connectivity index (χ1v) is 8.27. The van der Waals surface area contributed by atoms with Crippen molar-refractivity contribution < 1.29 is 9.59 Å². The monoisotopic (exact) mass is 298 g/mol. The number of nitrogens with zero attached hydrogens (tertiary/aromatic N) is 2. The third kappa shape index (κ3) is 1.47. The fourth-order valence-corrected chi connectivity index (χ4v) is 5.11. The van der Waals surface area contributed by atoms with E-state index in [1.54, 1.807) is 17.6 Å². The van der Waals surface area contributed by atoms with Crippen molar-refractivity contribution in [2.75, 3.05) is 0 Å². The van der Waals surface area contributed by atoms with Crippen LogP contribution >= 0.6 is 11.3 Å². The lowest BCUT2D eigenvalue weighted by molar-refractivity contribution is -0.140. The van der Waals surface area contributed by atoms with Gasteiger partial charge in [-0.25, -0.2) is 0 Å². The van der Waals surface area contributed by atoms with E-state index < -0.39 is 0 Å². The minimum atomic E-state index is -0.156. The summed E-state index contributed by atoms with van der Waals surface area (Å²) in [4.78, 5) is 26.2. The van der Waals surface area contributed by atoms with E-state index in [0.29, 0.717) is 11.8 Å². The first kappa shape index (κ1) is 11.9. The van der Waals surface area contributed by atoms with Crippen LogP contribution in [0.2, 0.25) is 0 Å². The Morgan fingerprint density at radius 3 is 2.38 bits per heavy atom. The molecule has 1 aromatic rings. The van der Waals surface area contributed by atoms with Gasteiger partial charge in [-0.15, -0.1) is 11.3 Å². The van der Waals surface area contributed by atoms with E-state index in [4.69, 9.17) is 0 Å². The van der Waals surface area contributed by atoms with E-state index in [2.05, 4.69) is 17.3 Å². The molecular formula is C16H14N2O2S. The van der Waals surface area contributed by atoms with Crippen LogP contribution in [0.15, 0.2) is 34.8 Å². The third-order valence-electron chi connectivity index (χ3n) is 5.48. The highest BCUT2D eigenvalue weighted by molar-refractivity contribution is 7.11. The van der Waals surface area contributed by atoms with Crippen LogP contribution in [0.5, 0.6) is 0 Å². The molecular weight excluding hydrogens is 284 g/mol. The van der Waals surface area contributed by atoms with E-state index in [-0.39, 0.29) is 35.5 Å². The number of amides is 2. The van der Waals surface area contributed by atoms with Gasteiger partial charge in [0.25, 0.3) is 11.8 Å². The third-order valence-corrected chi connectivity index (χ3v) is 6.29. The second-order valence-electron chi connectivity index (χ2n) is 6.40. The Morgan fingerprint density at radius 1 is 1.14 bits per heavy atom. The SMILES string of the molecule is O=C1[C@H]2[C@@H]3C=C[C@H]([C@H]4C[C@H]34)[C@@H]2C(=O)N1/N=C/c1cccs1. The molecule has 4 aliphatic carbocycles. The molecule has 6 atom stereocenters. The van der Waals surface area contributed by atoms with Gasteiger partial charge in [0, 0.05) is 4.88 Å². The first-order chi connectivity index (χ1) is 10.3. The molecule has 2 saturated carbocycles. The summed E-state index contributed by atoms with van der Waals surface area (Å²) < 4.78 is 0. The summed E-state index contributed by atoms with van der Waals surface area (Å²) in [5.41, 5.74) is 0. The molecule has 2 bridgehead atoms. The Balaban J connectivity index is 1.48. The molecule has 3 fully saturated rings. The summed E-state index contributed by atoms with van der Waals surface area (Å²) in [6, 6.07) is 3.85. The molecule has 0 unspecified atom stereocenters. The van der Waals surface area contributed by atoms with Crippen LogP contribution in [0.25, 0.3) is 0 Å². The van der Waals surface area contributed by atoms with Gasteiger partial charge in [-0.2, -0.15) is 10.1 Å². The molecule has 4 nitrogen and oxygen atoms in total. The average Bonchev–Trinajstić information content (AvgIpc) is 3.10. The molecule has 6 rings (SSSR count). The number of rotatable bonds is 2. The molecule has 2 amide bonds. The Kier molecular flexibility index (Phi) is 2.21. The van der Waals surface area contributed by atoms with Crippen molar-refractivity contribution in [3.05, 3.63) is 34.5 Å². The second kappa shape index (κ2) is 3.91. The van der Waals surface area contributed by atoms with Crippen molar-refractivity contribution in [3.8, 4) is 0 Å². The Bertz CT molecular complexity index is 657. The molecule has 0 radical (unpaired) electrons. The maximum absolute atomic E-state index is 12.6. The largest absolute Gasteiger partial charge is 0.272 e. The normalized spacial score (nSPS) is 42.8. The first-order valence-electron chi connectivity index (χ1n) is 7.39. The number of allylic oxidation sites excluding steroid dienone is 2. The quantitative estimate of drug-likeness (QED) is 0.477. The van der Waals surface area contributed by atoms with Gasteiger partial charge in [0.05, 0.1) is 18.1 Å². The molecule has 1 aromatic heterocycles. The van der Waals surface area contributed by atoms with E-state index in [0.717, 1.165) is 9.89 Å². The highest BCUT2D eigenvalue weighted by Gasteiger charge is 2.67. The number of hydrazone groups is 1. The van der Waals surface area contributed by atoms with Crippen molar-refractivity contribution in [3.63, 3.8) is 0 Å². The summed E-state index contributed by atoms with van der Waals surface area (Å²) >= 11 is 1.54. The Morgan fingerprint density at radius 2 is 1.81 bits per heavy atom. The minimum Gasteiger partial charge on any atom is -0.272 e. The number of carbonyl (C=O) groups excluding carboxylic acids is 2. The standard InChI is InChI=1S/C16H14N2O2S/c19-15-13-9-3-4-10(12-6-11(9)12)14(13)16(20)18(15)17-7-8-2-1-5-21-8/h1-5,7,9-14H,6H2/b17-7+/t9-,10-,11-,12-,13+,14+/m1/s1. The molecule has 1 aliphatic heterocycles. The summed E-state index contributed by atoms with van der Waals surface area (Å²) in [5.74, 6) is 1.31. The van der Waals surface area contributed by atoms with Crippen LogP contribution in [0.1, 0.15) is 11.3 Å².